The number of amides is 3. The van der Waals surface area contributed by atoms with Crippen LogP contribution in [0.4, 0.5) is 10.5 Å². The van der Waals surface area contributed by atoms with Crippen LogP contribution in [0.2, 0.25) is 10.0 Å². The van der Waals surface area contributed by atoms with Crippen LogP contribution in [0.3, 0.4) is 0 Å². The van der Waals surface area contributed by atoms with Gasteiger partial charge >= 0.3 is 6.03 Å². The lowest BCUT2D eigenvalue weighted by molar-refractivity contribution is -0.123. The highest BCUT2D eigenvalue weighted by Gasteiger charge is 2.34. The largest absolute Gasteiger partial charge is 0.366 e. The highest BCUT2D eigenvalue weighted by molar-refractivity contribution is 6.35. The summed E-state index contributed by atoms with van der Waals surface area (Å²) in [4.78, 5) is 28.7. The van der Waals surface area contributed by atoms with Gasteiger partial charge in [-0.3, -0.25) is 9.69 Å². The third-order valence-electron chi connectivity index (χ3n) is 5.86. The molecule has 2 aromatic carbocycles. The van der Waals surface area contributed by atoms with Gasteiger partial charge in [0, 0.05) is 28.3 Å². The van der Waals surface area contributed by atoms with Crippen molar-refractivity contribution in [3.05, 3.63) is 74.9 Å². The van der Waals surface area contributed by atoms with E-state index in [-0.39, 0.29) is 23.7 Å². The molecule has 0 aromatic heterocycles. The highest BCUT2D eigenvalue weighted by Crippen LogP contribution is 2.38. The molecule has 2 aliphatic rings. The minimum absolute atomic E-state index is 0.0733. The van der Waals surface area contributed by atoms with Gasteiger partial charge in [0.15, 0.2) is 0 Å². The third-order valence-corrected chi connectivity index (χ3v) is 6.44. The Morgan fingerprint density at radius 2 is 1.84 bits per heavy atom. The summed E-state index contributed by atoms with van der Waals surface area (Å²) in [5.74, 6) is -0.390. The van der Waals surface area contributed by atoms with E-state index in [0.29, 0.717) is 15.6 Å². The molecule has 1 fully saturated rings. The topological polar surface area (TPSA) is 52.7 Å². The summed E-state index contributed by atoms with van der Waals surface area (Å²) in [6, 6.07) is 10.6. The van der Waals surface area contributed by atoms with Gasteiger partial charge in [-0.15, -0.1) is 0 Å². The Hall–Kier alpha value is -2.76. The number of anilines is 1. The molecule has 160 valence electrons. The Morgan fingerprint density at radius 3 is 2.55 bits per heavy atom. The highest BCUT2D eigenvalue weighted by atomic mass is 35.5. The Bertz CT molecular complexity index is 1170. The molecule has 5 nitrogen and oxygen atoms in total. The fourth-order valence-corrected chi connectivity index (χ4v) is 4.44. The van der Waals surface area contributed by atoms with E-state index >= 15 is 0 Å². The van der Waals surface area contributed by atoms with Crippen molar-refractivity contribution >= 4 is 52.5 Å². The van der Waals surface area contributed by atoms with Gasteiger partial charge in [-0.25, -0.2) is 4.79 Å². The average molecular weight is 456 g/mol. The molecular formula is C24H23Cl2N3O2. The van der Waals surface area contributed by atoms with Crippen molar-refractivity contribution in [2.24, 2.45) is 0 Å². The standard InChI is InChI=1S/C24H23Cl2N3O2/c1-14-12-24(2,3)28(4)21-8-5-15(9-18(14)21)10-20-22(30)29(23(31)27-20)13-16-6-7-17(25)11-19(16)26/h5-12H,13H2,1-4H3,(H,27,31)/b20-10+. The first-order chi connectivity index (χ1) is 14.6. The van der Waals surface area contributed by atoms with Gasteiger partial charge < -0.3 is 10.2 Å². The predicted octanol–water partition coefficient (Wildman–Crippen LogP) is 5.72. The minimum atomic E-state index is -0.474. The second kappa shape index (κ2) is 7.74. The van der Waals surface area contributed by atoms with Gasteiger partial charge in [-0.2, -0.15) is 0 Å². The normalized spacial score (nSPS) is 18.9. The number of hydrogen-bond donors (Lipinski definition) is 1. The van der Waals surface area contributed by atoms with Gasteiger partial charge in [-0.05, 0) is 67.8 Å². The van der Waals surface area contributed by atoms with Gasteiger partial charge in [0.25, 0.3) is 5.91 Å². The number of imide groups is 1. The van der Waals surface area contributed by atoms with E-state index in [2.05, 4.69) is 44.1 Å². The number of fused-ring (bicyclic) bond motifs is 1. The summed E-state index contributed by atoms with van der Waals surface area (Å²) in [6.45, 7) is 6.50. The van der Waals surface area contributed by atoms with E-state index in [9.17, 15) is 9.59 Å². The fourth-order valence-electron chi connectivity index (χ4n) is 3.97. The monoisotopic (exact) mass is 455 g/mol. The molecule has 2 aliphatic heterocycles. The lowest BCUT2D eigenvalue weighted by Crippen LogP contribution is -2.42. The van der Waals surface area contributed by atoms with E-state index in [1.165, 1.54) is 5.57 Å². The summed E-state index contributed by atoms with van der Waals surface area (Å²) in [6.07, 6.45) is 3.93. The van der Waals surface area contributed by atoms with Crippen LogP contribution in [0.5, 0.6) is 0 Å². The molecule has 4 rings (SSSR count). The number of carbonyl (C=O) groups is 2. The fraction of sp³-hybridized carbons (Fsp3) is 0.250. The number of hydrogen-bond acceptors (Lipinski definition) is 3. The van der Waals surface area contributed by atoms with Crippen molar-refractivity contribution in [2.75, 3.05) is 11.9 Å². The Labute approximate surface area is 191 Å². The smallest absolute Gasteiger partial charge is 0.329 e. The molecule has 3 amide bonds. The summed E-state index contributed by atoms with van der Waals surface area (Å²) in [5, 5.41) is 3.58. The molecule has 0 spiro atoms. The SMILES string of the molecule is CC1=CC(C)(C)N(C)c2ccc(/C=C3/NC(=O)N(Cc4ccc(Cl)cc4Cl)C3=O)cc21. The lowest BCUT2D eigenvalue weighted by Gasteiger charge is -2.40. The number of benzene rings is 2. The second-order valence-corrected chi connectivity index (χ2v) is 9.28. The molecule has 0 atom stereocenters. The molecule has 2 heterocycles. The van der Waals surface area contributed by atoms with Gasteiger partial charge in [-0.1, -0.05) is 41.4 Å². The summed E-state index contributed by atoms with van der Waals surface area (Å²) in [7, 11) is 2.07. The number of urea groups is 1. The van der Waals surface area contributed by atoms with E-state index < -0.39 is 6.03 Å². The molecule has 0 unspecified atom stereocenters. The number of allylic oxidation sites excluding steroid dienone is 1. The van der Waals surface area contributed by atoms with Crippen LogP contribution >= 0.6 is 23.2 Å². The molecule has 1 saturated heterocycles. The van der Waals surface area contributed by atoms with Crippen molar-refractivity contribution < 1.29 is 9.59 Å². The molecular weight excluding hydrogens is 433 g/mol. The van der Waals surface area contributed by atoms with E-state index in [4.69, 9.17) is 23.2 Å². The summed E-state index contributed by atoms with van der Waals surface area (Å²) >= 11 is 12.1. The van der Waals surface area contributed by atoms with E-state index in [0.717, 1.165) is 21.7 Å². The predicted molar refractivity (Wildman–Crippen MR) is 126 cm³/mol. The number of halogens is 2. The molecule has 0 aliphatic carbocycles. The van der Waals surface area contributed by atoms with E-state index in [1.54, 1.807) is 24.3 Å². The Kier molecular flexibility index (Phi) is 5.36. The molecule has 7 heteroatoms. The maximum atomic E-state index is 12.9. The molecule has 2 aromatic rings. The first-order valence-corrected chi connectivity index (χ1v) is 10.7. The molecule has 0 radical (unpaired) electrons. The van der Waals surface area contributed by atoms with Crippen LogP contribution in [0.15, 0.2) is 48.2 Å². The Balaban J connectivity index is 1.61. The Morgan fingerprint density at radius 1 is 1.10 bits per heavy atom. The minimum Gasteiger partial charge on any atom is -0.366 e. The van der Waals surface area contributed by atoms with Gasteiger partial charge in [0.05, 0.1) is 12.1 Å². The molecule has 0 saturated carbocycles. The van der Waals surface area contributed by atoms with Crippen LogP contribution in [0.25, 0.3) is 11.6 Å². The maximum absolute atomic E-state index is 12.9. The number of likely N-dealkylation sites (N-methyl/N-ethyl adjacent to an activating group) is 1. The van der Waals surface area contributed by atoms with Crippen molar-refractivity contribution in [2.45, 2.75) is 32.9 Å². The van der Waals surface area contributed by atoms with Crippen molar-refractivity contribution in [1.29, 1.82) is 0 Å². The quantitative estimate of drug-likeness (QED) is 0.475. The zero-order valence-electron chi connectivity index (χ0n) is 17.8. The molecule has 31 heavy (non-hydrogen) atoms. The summed E-state index contributed by atoms with van der Waals surface area (Å²) < 4.78 is 0. The number of nitrogens with zero attached hydrogens (tertiary/aromatic N) is 2. The summed E-state index contributed by atoms with van der Waals surface area (Å²) in [5.41, 5.74) is 5.08. The maximum Gasteiger partial charge on any atom is 0.329 e. The zero-order chi connectivity index (χ0) is 22.5. The average Bonchev–Trinajstić information content (AvgIpc) is 2.95. The third kappa shape index (κ3) is 3.95. The molecule has 0 bridgehead atoms. The number of carbonyl (C=O) groups excluding carboxylic acids is 2. The van der Waals surface area contributed by atoms with Gasteiger partial charge in [0.1, 0.15) is 5.70 Å². The lowest BCUT2D eigenvalue weighted by atomic mass is 9.88. The first kappa shape index (κ1) is 21.5. The van der Waals surface area contributed by atoms with Crippen molar-refractivity contribution in [1.82, 2.24) is 10.2 Å². The van der Waals surface area contributed by atoms with Crippen LogP contribution in [-0.2, 0) is 11.3 Å². The van der Waals surface area contributed by atoms with Crippen LogP contribution in [-0.4, -0.2) is 29.4 Å². The zero-order valence-corrected chi connectivity index (χ0v) is 19.3. The number of nitrogens with one attached hydrogen (secondary N) is 1. The number of rotatable bonds is 3. The molecule has 1 N–H and O–H groups in total. The van der Waals surface area contributed by atoms with Crippen LogP contribution in [0, 0.1) is 0 Å². The van der Waals surface area contributed by atoms with Crippen molar-refractivity contribution in [3.63, 3.8) is 0 Å². The van der Waals surface area contributed by atoms with Gasteiger partial charge in [0.2, 0.25) is 0 Å². The first-order valence-electron chi connectivity index (χ1n) is 9.93. The van der Waals surface area contributed by atoms with Crippen LogP contribution in [0.1, 0.15) is 37.5 Å². The van der Waals surface area contributed by atoms with Crippen molar-refractivity contribution in [3.8, 4) is 0 Å². The second-order valence-electron chi connectivity index (χ2n) is 8.43. The van der Waals surface area contributed by atoms with E-state index in [1.807, 2.05) is 18.2 Å². The van der Waals surface area contributed by atoms with Crippen LogP contribution < -0.4 is 10.2 Å².